The summed E-state index contributed by atoms with van der Waals surface area (Å²) < 4.78 is 6.06. The Morgan fingerprint density at radius 2 is 1.47 bits per heavy atom. The van der Waals surface area contributed by atoms with Crippen LogP contribution < -0.4 is 15.4 Å². The molecule has 2 amide bonds. The molecule has 1 aliphatic carbocycles. The summed E-state index contributed by atoms with van der Waals surface area (Å²) in [6.07, 6.45) is 8.50. The van der Waals surface area contributed by atoms with E-state index in [0.29, 0.717) is 27.7 Å². The molecule has 2 heterocycles. The molecule has 3 unspecified atom stereocenters. The Balaban J connectivity index is 1.14. The number of thiophene rings is 1. The minimum Gasteiger partial charge on any atom is -0.493 e. The average molecular weight is 761 g/mol. The monoisotopic (exact) mass is 760 g/mol. The van der Waals surface area contributed by atoms with Crippen molar-refractivity contribution in [2.45, 2.75) is 82.9 Å². The van der Waals surface area contributed by atoms with Crippen molar-refractivity contribution in [1.29, 1.82) is 0 Å². The second-order valence-electron chi connectivity index (χ2n) is 15.2. The fourth-order valence-corrected chi connectivity index (χ4v) is 7.60. The van der Waals surface area contributed by atoms with E-state index in [2.05, 4.69) is 41.4 Å². The Morgan fingerprint density at radius 1 is 0.818 bits per heavy atom. The summed E-state index contributed by atoms with van der Waals surface area (Å²) in [7, 11) is 0. The second kappa shape index (κ2) is 17.8. The van der Waals surface area contributed by atoms with E-state index in [1.807, 2.05) is 54.6 Å². The van der Waals surface area contributed by atoms with Gasteiger partial charge in [0, 0.05) is 34.8 Å². The van der Waals surface area contributed by atoms with Crippen LogP contribution in [0.1, 0.15) is 84.7 Å². The molecule has 11 heteroatoms. The molecule has 0 radical (unpaired) electrons. The third-order valence-electron chi connectivity index (χ3n) is 9.91. The van der Waals surface area contributed by atoms with Crippen LogP contribution in [0.15, 0.2) is 103 Å². The van der Waals surface area contributed by atoms with Crippen molar-refractivity contribution >= 4 is 29.1 Å². The molecule has 2 aromatic heterocycles. The number of amides is 2. The van der Waals surface area contributed by atoms with Gasteiger partial charge in [0.05, 0.1) is 11.5 Å². The Morgan fingerprint density at radius 3 is 2.09 bits per heavy atom. The van der Waals surface area contributed by atoms with Crippen molar-refractivity contribution in [3.8, 4) is 28.3 Å². The summed E-state index contributed by atoms with van der Waals surface area (Å²) in [6, 6.07) is 24.4. The van der Waals surface area contributed by atoms with Gasteiger partial charge in [0.2, 0.25) is 5.91 Å². The number of aliphatic carboxylic acids is 1. The quantitative estimate of drug-likeness (QED) is 0.0897. The lowest BCUT2D eigenvalue weighted by atomic mass is 9.90. The highest BCUT2D eigenvalue weighted by Crippen LogP contribution is 2.30. The van der Waals surface area contributed by atoms with Crippen molar-refractivity contribution in [3.63, 3.8) is 0 Å². The van der Waals surface area contributed by atoms with Crippen LogP contribution in [-0.4, -0.2) is 56.7 Å². The number of ether oxygens (including phenoxy) is 1. The number of carbonyl (C=O) groups excluding carboxylic acids is 2. The number of carboxylic acid groups (broad SMARTS) is 1. The van der Waals surface area contributed by atoms with Crippen molar-refractivity contribution in [2.24, 2.45) is 5.92 Å². The normalized spacial score (nSPS) is 15.1. The van der Waals surface area contributed by atoms with Gasteiger partial charge in [0.1, 0.15) is 17.9 Å². The van der Waals surface area contributed by atoms with E-state index in [4.69, 9.17) is 4.74 Å². The molecular formula is C44H48N4O6S. The van der Waals surface area contributed by atoms with E-state index in [1.165, 1.54) is 43.4 Å². The zero-order valence-corrected chi connectivity index (χ0v) is 32.2. The highest BCUT2D eigenvalue weighted by Gasteiger charge is 2.33. The lowest BCUT2D eigenvalue weighted by Crippen LogP contribution is -2.54. The fourth-order valence-electron chi connectivity index (χ4n) is 6.64. The second-order valence-corrected chi connectivity index (χ2v) is 16.2. The minimum absolute atomic E-state index is 0.0588. The summed E-state index contributed by atoms with van der Waals surface area (Å²) in [6.45, 7) is 6.92. The van der Waals surface area contributed by atoms with Crippen molar-refractivity contribution in [1.82, 2.24) is 20.6 Å². The van der Waals surface area contributed by atoms with Gasteiger partial charge in [-0.3, -0.25) is 9.59 Å². The van der Waals surface area contributed by atoms with E-state index in [0.717, 1.165) is 33.9 Å². The topological polar surface area (TPSA) is 151 Å². The largest absolute Gasteiger partial charge is 0.493 e. The summed E-state index contributed by atoms with van der Waals surface area (Å²) in [4.78, 5) is 50.1. The Labute approximate surface area is 326 Å². The van der Waals surface area contributed by atoms with E-state index in [-0.39, 0.29) is 11.8 Å². The van der Waals surface area contributed by atoms with Gasteiger partial charge < -0.3 is 25.6 Å². The number of aliphatic hydroxyl groups is 1. The van der Waals surface area contributed by atoms with Gasteiger partial charge in [-0.1, -0.05) is 107 Å². The van der Waals surface area contributed by atoms with Gasteiger partial charge in [0.25, 0.3) is 5.91 Å². The molecule has 55 heavy (non-hydrogen) atoms. The molecule has 1 fully saturated rings. The van der Waals surface area contributed by atoms with Crippen molar-refractivity contribution in [2.75, 3.05) is 6.61 Å². The van der Waals surface area contributed by atoms with E-state index < -0.39 is 36.0 Å². The summed E-state index contributed by atoms with van der Waals surface area (Å²) >= 11 is 1.34. The van der Waals surface area contributed by atoms with Gasteiger partial charge in [-0.2, -0.15) is 0 Å². The molecule has 4 N–H and O–H groups in total. The number of nitrogens with one attached hydrogen (secondary N) is 2. The highest BCUT2D eigenvalue weighted by atomic mass is 32.1. The number of aliphatic hydroxyl groups excluding tert-OH is 1. The molecule has 0 saturated heterocycles. The third kappa shape index (κ3) is 10.4. The molecule has 3 atom stereocenters. The number of benzene rings is 3. The molecule has 5 aromatic rings. The van der Waals surface area contributed by atoms with Crippen LogP contribution in [0.5, 0.6) is 5.75 Å². The molecule has 10 nitrogen and oxygen atoms in total. The van der Waals surface area contributed by atoms with Crippen molar-refractivity contribution in [3.05, 3.63) is 124 Å². The first-order chi connectivity index (χ1) is 26.4. The van der Waals surface area contributed by atoms with Crippen LogP contribution in [0, 0.1) is 5.92 Å². The zero-order chi connectivity index (χ0) is 39.0. The maximum Gasteiger partial charge on any atom is 0.329 e. The number of carbonyl (C=O) groups is 3. The van der Waals surface area contributed by atoms with E-state index in [9.17, 15) is 24.6 Å². The minimum atomic E-state index is -1.65. The predicted octanol–water partition coefficient (Wildman–Crippen LogP) is 7.77. The first kappa shape index (κ1) is 39.3. The van der Waals surface area contributed by atoms with Crippen LogP contribution in [0.2, 0.25) is 0 Å². The lowest BCUT2D eigenvalue weighted by Gasteiger charge is -2.24. The lowest BCUT2D eigenvalue weighted by molar-refractivity contribution is -0.145. The maximum atomic E-state index is 13.8. The number of hydrogen-bond donors (Lipinski definition) is 4. The Hall–Kier alpha value is -5.39. The van der Waals surface area contributed by atoms with Crippen LogP contribution in [0.4, 0.5) is 0 Å². The molecule has 286 valence electrons. The number of rotatable bonds is 14. The molecule has 0 aliphatic heterocycles. The fraction of sp³-hybridized carbons (Fsp3) is 0.341. The average Bonchev–Trinajstić information content (AvgIpc) is 3.72. The zero-order valence-electron chi connectivity index (χ0n) is 31.4. The molecule has 1 aliphatic rings. The number of hydrogen-bond acceptors (Lipinski definition) is 8. The molecule has 3 aromatic carbocycles. The van der Waals surface area contributed by atoms with E-state index >= 15 is 0 Å². The smallest absolute Gasteiger partial charge is 0.329 e. The van der Waals surface area contributed by atoms with Crippen LogP contribution in [-0.2, 0) is 21.4 Å². The number of carboxylic acids is 1. The first-order valence-corrected chi connectivity index (χ1v) is 19.6. The predicted molar refractivity (Wildman–Crippen MR) is 214 cm³/mol. The van der Waals surface area contributed by atoms with Crippen LogP contribution >= 0.6 is 11.3 Å². The highest BCUT2D eigenvalue weighted by molar-refractivity contribution is 7.14. The molecule has 0 spiro atoms. The van der Waals surface area contributed by atoms with Crippen LogP contribution in [0.25, 0.3) is 22.5 Å². The van der Waals surface area contributed by atoms with Gasteiger partial charge >= 0.3 is 5.97 Å². The van der Waals surface area contributed by atoms with Gasteiger partial charge in [0.15, 0.2) is 11.9 Å². The Bertz CT molecular complexity index is 2040. The van der Waals surface area contributed by atoms with Crippen molar-refractivity contribution < 1.29 is 29.3 Å². The third-order valence-corrected chi connectivity index (χ3v) is 11.4. The summed E-state index contributed by atoms with van der Waals surface area (Å²) in [5.74, 6) is -0.580. The van der Waals surface area contributed by atoms with Crippen LogP contribution in [0.3, 0.4) is 0 Å². The summed E-state index contributed by atoms with van der Waals surface area (Å²) in [5, 5.41) is 26.2. The van der Waals surface area contributed by atoms with Gasteiger partial charge in [-0.15, -0.1) is 11.3 Å². The molecule has 0 bridgehead atoms. The van der Waals surface area contributed by atoms with Gasteiger partial charge in [-0.05, 0) is 65.1 Å². The standard InChI is InChI=1S/C44H48N4O6S/c1-44(2,3)37-23-22-36(55-37)42(51)47-35(41(50)48-38(43(52)53)39(49)31-12-8-5-9-13-31)24-28-14-16-32(17-15-28)40-45-25-33(26-46-40)30-18-20-34(21-19-30)54-27-29-10-6-4-7-11-29/h5,8-9,12-23,25-26,29,35,38-39,49H,4,6-7,10-11,24,27H2,1-3H3,(H,47,51)(H,48,50)(H,52,53). The number of nitrogens with zero attached hydrogens (tertiary/aromatic N) is 2. The first-order valence-electron chi connectivity index (χ1n) is 18.8. The molecule has 1 saturated carbocycles. The maximum absolute atomic E-state index is 13.8. The molecule has 6 rings (SSSR count). The van der Waals surface area contributed by atoms with Gasteiger partial charge in [-0.25, -0.2) is 14.8 Å². The van der Waals surface area contributed by atoms with E-state index in [1.54, 1.807) is 48.8 Å². The SMILES string of the molecule is CC(C)(C)c1ccc(C(=O)NC(Cc2ccc(-c3ncc(-c4ccc(OCC5CCCCC5)cc4)cn3)cc2)C(=O)NC(C(=O)O)C(O)c2ccccc2)s1. The molecular weight excluding hydrogens is 713 g/mol. The number of aromatic nitrogens is 2. The summed E-state index contributed by atoms with van der Waals surface area (Å²) in [5.41, 5.74) is 3.50. The Kier molecular flexibility index (Phi) is 12.7.